The highest BCUT2D eigenvalue weighted by Crippen LogP contribution is 2.37. The Hall–Kier alpha value is -1.06. The summed E-state index contributed by atoms with van der Waals surface area (Å²) in [5.41, 5.74) is 7.70. The lowest BCUT2D eigenvalue weighted by Gasteiger charge is -2.28. The van der Waals surface area contributed by atoms with E-state index < -0.39 is 5.60 Å². The fourth-order valence-corrected chi connectivity index (χ4v) is 3.51. The Bertz CT molecular complexity index is 472. The molecule has 3 N–H and O–H groups in total. The maximum absolute atomic E-state index is 10.4. The third-order valence-corrected chi connectivity index (χ3v) is 4.87. The molecule has 1 fully saturated rings. The first-order valence-corrected chi connectivity index (χ1v) is 8.12. The molecule has 2 atom stereocenters. The number of aryl methyl sites for hydroxylation is 1. The molecule has 1 aliphatic carbocycles. The molecule has 118 valence electrons. The Labute approximate surface area is 128 Å². The van der Waals surface area contributed by atoms with Gasteiger partial charge in [-0.1, -0.05) is 26.3 Å². The zero-order valence-corrected chi connectivity index (χ0v) is 13.6. The number of benzene rings is 1. The quantitative estimate of drug-likeness (QED) is 0.845. The third-order valence-electron chi connectivity index (χ3n) is 4.87. The van der Waals surface area contributed by atoms with Crippen molar-refractivity contribution in [2.45, 2.75) is 58.0 Å². The van der Waals surface area contributed by atoms with Gasteiger partial charge in [0.05, 0.1) is 12.2 Å². The average Bonchev–Trinajstić information content (AvgIpc) is 2.81. The molecule has 0 spiro atoms. The van der Waals surface area contributed by atoms with Crippen LogP contribution in [0.15, 0.2) is 18.2 Å². The number of hydrogen-bond donors (Lipinski definition) is 2. The summed E-state index contributed by atoms with van der Waals surface area (Å²) in [6.07, 6.45) is 3.83. The van der Waals surface area contributed by atoms with Crippen LogP contribution in [-0.4, -0.2) is 23.9 Å². The molecule has 1 aromatic rings. The molecule has 21 heavy (non-hydrogen) atoms. The lowest BCUT2D eigenvalue weighted by atomic mass is 9.88. The monoisotopic (exact) mass is 291 g/mol. The summed E-state index contributed by atoms with van der Waals surface area (Å²) < 4.78 is 5.87. The van der Waals surface area contributed by atoms with Crippen molar-refractivity contribution in [3.05, 3.63) is 29.3 Å². The molecule has 0 amide bonds. The maximum atomic E-state index is 10.4. The highest BCUT2D eigenvalue weighted by Gasteiger charge is 2.39. The summed E-state index contributed by atoms with van der Waals surface area (Å²) in [4.78, 5) is 0. The molecule has 1 saturated carbocycles. The Kier molecular flexibility index (Phi) is 5.28. The molecule has 3 nitrogen and oxygen atoms in total. The second-order valence-corrected chi connectivity index (χ2v) is 6.71. The van der Waals surface area contributed by atoms with Gasteiger partial charge in [0, 0.05) is 6.54 Å². The zero-order chi connectivity index (χ0) is 15.5. The van der Waals surface area contributed by atoms with Crippen molar-refractivity contribution < 1.29 is 9.84 Å². The molecule has 2 rings (SSSR count). The number of rotatable bonds is 6. The van der Waals surface area contributed by atoms with E-state index in [0.717, 1.165) is 31.4 Å². The first-order valence-electron chi connectivity index (χ1n) is 8.12. The van der Waals surface area contributed by atoms with Crippen LogP contribution in [-0.2, 0) is 0 Å². The van der Waals surface area contributed by atoms with Gasteiger partial charge >= 0.3 is 0 Å². The second kappa shape index (κ2) is 6.80. The molecule has 0 heterocycles. The predicted molar refractivity (Wildman–Crippen MR) is 86.7 cm³/mol. The molecule has 0 aliphatic heterocycles. The Balaban J connectivity index is 1.88. The van der Waals surface area contributed by atoms with Gasteiger partial charge in [-0.3, -0.25) is 0 Å². The minimum Gasteiger partial charge on any atom is -0.494 e. The van der Waals surface area contributed by atoms with Crippen molar-refractivity contribution in [3.8, 4) is 5.75 Å². The van der Waals surface area contributed by atoms with Crippen LogP contribution in [0.25, 0.3) is 0 Å². The summed E-state index contributed by atoms with van der Waals surface area (Å²) in [6.45, 7) is 7.55. The van der Waals surface area contributed by atoms with Gasteiger partial charge in [-0.15, -0.1) is 0 Å². The molecule has 0 saturated heterocycles. The SMILES string of the molecule is Cc1cc(OCCC2CCCC2(O)CN)ccc1C(C)C. The molecule has 0 aromatic heterocycles. The molecule has 1 aliphatic rings. The molecular formula is C18H29NO2. The van der Waals surface area contributed by atoms with E-state index in [9.17, 15) is 5.11 Å². The van der Waals surface area contributed by atoms with Crippen molar-refractivity contribution in [1.29, 1.82) is 0 Å². The Morgan fingerprint density at radius 1 is 1.43 bits per heavy atom. The van der Waals surface area contributed by atoms with Gasteiger partial charge in [0.1, 0.15) is 5.75 Å². The minimum atomic E-state index is -0.666. The van der Waals surface area contributed by atoms with Crippen LogP contribution < -0.4 is 10.5 Å². The van der Waals surface area contributed by atoms with E-state index in [2.05, 4.69) is 32.9 Å². The van der Waals surface area contributed by atoms with Crippen LogP contribution in [0.1, 0.15) is 56.6 Å². The number of hydrogen-bond acceptors (Lipinski definition) is 3. The van der Waals surface area contributed by atoms with Crippen LogP contribution in [0.2, 0.25) is 0 Å². The highest BCUT2D eigenvalue weighted by molar-refractivity contribution is 5.36. The molecule has 1 aromatic carbocycles. The third kappa shape index (κ3) is 3.78. The summed E-state index contributed by atoms with van der Waals surface area (Å²) >= 11 is 0. The maximum Gasteiger partial charge on any atom is 0.119 e. The van der Waals surface area contributed by atoms with Crippen molar-refractivity contribution in [1.82, 2.24) is 0 Å². The van der Waals surface area contributed by atoms with E-state index in [4.69, 9.17) is 10.5 Å². The van der Waals surface area contributed by atoms with Gasteiger partial charge in [0.25, 0.3) is 0 Å². The fraction of sp³-hybridized carbons (Fsp3) is 0.667. The van der Waals surface area contributed by atoms with Crippen molar-refractivity contribution in [2.24, 2.45) is 11.7 Å². The van der Waals surface area contributed by atoms with Crippen LogP contribution >= 0.6 is 0 Å². The van der Waals surface area contributed by atoms with Gasteiger partial charge in [0.15, 0.2) is 0 Å². The Morgan fingerprint density at radius 2 is 2.19 bits per heavy atom. The molecule has 3 heteroatoms. The minimum absolute atomic E-state index is 0.276. The van der Waals surface area contributed by atoms with E-state index in [1.165, 1.54) is 11.1 Å². The highest BCUT2D eigenvalue weighted by atomic mass is 16.5. The summed E-state index contributed by atoms with van der Waals surface area (Å²) in [5.74, 6) is 1.74. The van der Waals surface area contributed by atoms with Gasteiger partial charge in [-0.25, -0.2) is 0 Å². The predicted octanol–water partition coefficient (Wildman–Crippen LogP) is 3.38. The number of aliphatic hydroxyl groups is 1. The number of ether oxygens (including phenoxy) is 1. The molecule has 0 radical (unpaired) electrons. The lowest BCUT2D eigenvalue weighted by Crippen LogP contribution is -2.41. The van der Waals surface area contributed by atoms with Gasteiger partial charge < -0.3 is 15.6 Å². The van der Waals surface area contributed by atoms with Crippen molar-refractivity contribution in [2.75, 3.05) is 13.2 Å². The smallest absolute Gasteiger partial charge is 0.119 e. The van der Waals surface area contributed by atoms with E-state index in [0.29, 0.717) is 19.1 Å². The lowest BCUT2D eigenvalue weighted by molar-refractivity contribution is 0.00354. The largest absolute Gasteiger partial charge is 0.494 e. The standard InChI is InChI=1S/C18H29NO2/c1-13(2)17-7-6-16(11-14(17)3)21-10-8-15-5-4-9-18(15,20)12-19/h6-7,11,13,15,20H,4-5,8-10,12,19H2,1-3H3. The number of nitrogens with two attached hydrogens (primary N) is 1. The normalized spacial score (nSPS) is 25.5. The van der Waals surface area contributed by atoms with Crippen molar-refractivity contribution >= 4 is 0 Å². The van der Waals surface area contributed by atoms with Gasteiger partial charge in [-0.05, 0) is 61.3 Å². The Morgan fingerprint density at radius 3 is 2.81 bits per heavy atom. The van der Waals surface area contributed by atoms with Gasteiger partial charge in [-0.2, -0.15) is 0 Å². The molecular weight excluding hydrogens is 262 g/mol. The fourth-order valence-electron chi connectivity index (χ4n) is 3.51. The van der Waals surface area contributed by atoms with E-state index in [1.807, 2.05) is 6.07 Å². The average molecular weight is 291 g/mol. The summed E-state index contributed by atoms with van der Waals surface area (Å²) in [6, 6.07) is 6.31. The summed E-state index contributed by atoms with van der Waals surface area (Å²) in [5, 5.41) is 10.4. The van der Waals surface area contributed by atoms with Crippen LogP contribution in [0.4, 0.5) is 0 Å². The van der Waals surface area contributed by atoms with E-state index in [-0.39, 0.29) is 5.92 Å². The second-order valence-electron chi connectivity index (χ2n) is 6.71. The summed E-state index contributed by atoms with van der Waals surface area (Å²) in [7, 11) is 0. The molecule has 2 unspecified atom stereocenters. The first kappa shape index (κ1) is 16.3. The van der Waals surface area contributed by atoms with Gasteiger partial charge in [0.2, 0.25) is 0 Å². The van der Waals surface area contributed by atoms with Crippen LogP contribution in [0.3, 0.4) is 0 Å². The van der Waals surface area contributed by atoms with Crippen LogP contribution in [0, 0.1) is 12.8 Å². The first-order chi connectivity index (χ1) is 9.96. The molecule has 0 bridgehead atoms. The van der Waals surface area contributed by atoms with Crippen molar-refractivity contribution in [3.63, 3.8) is 0 Å². The topological polar surface area (TPSA) is 55.5 Å². The van der Waals surface area contributed by atoms with E-state index in [1.54, 1.807) is 0 Å². The zero-order valence-electron chi connectivity index (χ0n) is 13.6. The van der Waals surface area contributed by atoms with E-state index >= 15 is 0 Å². The van der Waals surface area contributed by atoms with Crippen LogP contribution in [0.5, 0.6) is 5.75 Å².